The highest BCUT2D eigenvalue weighted by Crippen LogP contribution is 2.35. The van der Waals surface area contributed by atoms with Gasteiger partial charge in [-0.2, -0.15) is 0 Å². The minimum Gasteiger partial charge on any atom is -0.481 e. The molecule has 2 saturated heterocycles. The van der Waals surface area contributed by atoms with Gasteiger partial charge in [-0.25, -0.2) is 4.79 Å². The Bertz CT molecular complexity index is 412. The third-order valence-electron chi connectivity index (χ3n) is 5.21. The van der Waals surface area contributed by atoms with E-state index in [1.54, 1.807) is 0 Å². The molecule has 2 aliphatic heterocycles. The highest BCUT2D eigenvalue weighted by molar-refractivity contribution is 5.77. The number of nitrogens with zero attached hydrogens (tertiary/aromatic N) is 1. The fraction of sp³-hybridized carbons (Fsp3) is 0.867. The lowest BCUT2D eigenvalue weighted by Gasteiger charge is -2.44. The number of carboxylic acids is 1. The Morgan fingerprint density at radius 1 is 1.10 bits per heavy atom. The van der Waals surface area contributed by atoms with E-state index in [9.17, 15) is 9.59 Å². The minimum atomic E-state index is -0.896. The van der Waals surface area contributed by atoms with Gasteiger partial charge in [-0.15, -0.1) is 0 Å². The van der Waals surface area contributed by atoms with Gasteiger partial charge in [-0.3, -0.25) is 4.79 Å². The molecule has 0 aromatic rings. The quantitative estimate of drug-likeness (QED) is 0.808. The lowest BCUT2D eigenvalue weighted by Crippen LogP contribution is -2.56. The minimum absolute atomic E-state index is 0.103. The molecule has 2 unspecified atom stereocenters. The van der Waals surface area contributed by atoms with Crippen LogP contribution >= 0.6 is 0 Å². The molecule has 6 nitrogen and oxygen atoms in total. The van der Waals surface area contributed by atoms with Crippen LogP contribution in [0.25, 0.3) is 0 Å². The summed E-state index contributed by atoms with van der Waals surface area (Å²) in [5.74, 6) is -0.888. The molecule has 4 atom stereocenters. The van der Waals surface area contributed by atoms with Crippen molar-refractivity contribution in [1.82, 2.24) is 10.2 Å². The number of carbonyl (C=O) groups is 2. The first-order valence-corrected chi connectivity index (χ1v) is 8.04. The zero-order valence-corrected chi connectivity index (χ0v) is 12.3. The van der Waals surface area contributed by atoms with Crippen molar-refractivity contribution in [2.24, 2.45) is 11.8 Å². The fourth-order valence-corrected chi connectivity index (χ4v) is 4.06. The molecule has 1 saturated carbocycles. The van der Waals surface area contributed by atoms with E-state index in [0.717, 1.165) is 19.4 Å². The van der Waals surface area contributed by atoms with Gasteiger partial charge < -0.3 is 20.1 Å². The number of carboxylic acid groups (broad SMARTS) is 1. The first kappa shape index (κ1) is 14.6. The molecule has 2 amide bonds. The Labute approximate surface area is 124 Å². The maximum Gasteiger partial charge on any atom is 0.317 e. The molecule has 6 heteroatoms. The van der Waals surface area contributed by atoms with Crippen LogP contribution < -0.4 is 5.32 Å². The van der Waals surface area contributed by atoms with Gasteiger partial charge in [-0.05, 0) is 31.6 Å². The lowest BCUT2D eigenvalue weighted by molar-refractivity contribution is -0.142. The first-order chi connectivity index (χ1) is 10.2. The molecule has 0 aromatic carbocycles. The number of hydrogen-bond donors (Lipinski definition) is 2. The largest absolute Gasteiger partial charge is 0.481 e. The average molecular weight is 296 g/mol. The lowest BCUT2D eigenvalue weighted by atomic mass is 9.78. The molecule has 3 aliphatic rings. The third-order valence-corrected chi connectivity index (χ3v) is 5.21. The molecule has 0 aromatic heterocycles. The Morgan fingerprint density at radius 3 is 2.67 bits per heavy atom. The van der Waals surface area contributed by atoms with E-state index >= 15 is 0 Å². The predicted octanol–water partition coefficient (Wildman–Crippen LogP) is 1.45. The number of ether oxygens (including phenoxy) is 1. The van der Waals surface area contributed by atoms with Gasteiger partial charge in [0.15, 0.2) is 0 Å². The summed E-state index contributed by atoms with van der Waals surface area (Å²) >= 11 is 0. The topological polar surface area (TPSA) is 78.9 Å². The molecule has 0 bridgehead atoms. The highest BCUT2D eigenvalue weighted by atomic mass is 16.5. The van der Waals surface area contributed by atoms with Gasteiger partial charge in [0, 0.05) is 12.6 Å². The Morgan fingerprint density at radius 2 is 1.86 bits per heavy atom. The highest BCUT2D eigenvalue weighted by Gasteiger charge is 2.39. The molecule has 21 heavy (non-hydrogen) atoms. The van der Waals surface area contributed by atoms with Crippen molar-refractivity contribution in [2.75, 3.05) is 19.8 Å². The molecule has 0 spiro atoms. The second kappa shape index (κ2) is 6.22. The molecular formula is C15H24N2O4. The van der Waals surface area contributed by atoms with Crippen molar-refractivity contribution in [2.45, 2.75) is 50.6 Å². The zero-order chi connectivity index (χ0) is 14.8. The van der Waals surface area contributed by atoms with Crippen LogP contribution in [-0.4, -0.2) is 53.8 Å². The van der Waals surface area contributed by atoms with Crippen molar-refractivity contribution < 1.29 is 19.4 Å². The van der Waals surface area contributed by atoms with Gasteiger partial charge in [-0.1, -0.05) is 12.8 Å². The van der Waals surface area contributed by atoms with E-state index in [-0.39, 0.29) is 12.6 Å². The van der Waals surface area contributed by atoms with E-state index in [2.05, 4.69) is 5.32 Å². The normalized spacial score (nSPS) is 36.1. The predicted molar refractivity (Wildman–Crippen MR) is 76.0 cm³/mol. The van der Waals surface area contributed by atoms with Crippen LogP contribution in [0.5, 0.6) is 0 Å². The van der Waals surface area contributed by atoms with E-state index in [1.807, 2.05) is 4.90 Å². The SMILES string of the molecule is O=C(O)C1COCC1NC(=O)N1CCC[C@H]2CCCC[C@H]21. The summed E-state index contributed by atoms with van der Waals surface area (Å²) in [4.78, 5) is 25.6. The van der Waals surface area contributed by atoms with Gasteiger partial charge in [0.1, 0.15) is 5.92 Å². The van der Waals surface area contributed by atoms with E-state index in [0.29, 0.717) is 18.6 Å². The number of likely N-dealkylation sites (tertiary alicyclic amines) is 1. The number of hydrogen-bond acceptors (Lipinski definition) is 3. The molecule has 3 rings (SSSR count). The van der Waals surface area contributed by atoms with Crippen molar-refractivity contribution in [1.29, 1.82) is 0 Å². The molecule has 1 aliphatic carbocycles. The van der Waals surface area contributed by atoms with Crippen LogP contribution in [-0.2, 0) is 9.53 Å². The summed E-state index contributed by atoms with van der Waals surface area (Å²) in [6, 6.07) is -0.162. The molecular weight excluding hydrogens is 272 g/mol. The van der Waals surface area contributed by atoms with E-state index in [1.165, 1.54) is 25.7 Å². The summed E-state index contributed by atoms with van der Waals surface area (Å²) in [6.07, 6.45) is 7.04. The Balaban J connectivity index is 1.62. The van der Waals surface area contributed by atoms with Crippen molar-refractivity contribution in [3.63, 3.8) is 0 Å². The zero-order valence-electron chi connectivity index (χ0n) is 12.3. The summed E-state index contributed by atoms with van der Waals surface area (Å²) < 4.78 is 5.21. The van der Waals surface area contributed by atoms with E-state index < -0.39 is 17.9 Å². The molecule has 2 heterocycles. The van der Waals surface area contributed by atoms with Crippen molar-refractivity contribution >= 4 is 12.0 Å². The van der Waals surface area contributed by atoms with Crippen LogP contribution in [0, 0.1) is 11.8 Å². The van der Waals surface area contributed by atoms with Crippen LogP contribution in [0.2, 0.25) is 0 Å². The number of piperidine rings is 1. The second-order valence-corrected chi connectivity index (χ2v) is 6.49. The third kappa shape index (κ3) is 3.00. The van der Waals surface area contributed by atoms with Crippen molar-refractivity contribution in [3.05, 3.63) is 0 Å². The van der Waals surface area contributed by atoms with Crippen LogP contribution in [0.3, 0.4) is 0 Å². The number of fused-ring (bicyclic) bond motifs is 1. The molecule has 2 N–H and O–H groups in total. The Hall–Kier alpha value is -1.30. The first-order valence-electron chi connectivity index (χ1n) is 8.04. The maximum absolute atomic E-state index is 12.5. The summed E-state index contributed by atoms with van der Waals surface area (Å²) in [5.41, 5.74) is 0. The van der Waals surface area contributed by atoms with Gasteiger partial charge in [0.2, 0.25) is 0 Å². The monoisotopic (exact) mass is 296 g/mol. The standard InChI is InChI=1S/C15H24N2O4/c18-14(19)11-8-21-9-12(11)16-15(20)17-7-3-5-10-4-1-2-6-13(10)17/h10-13H,1-9H2,(H,16,20)(H,18,19)/t10-,11?,12?,13-/m1/s1. The smallest absolute Gasteiger partial charge is 0.317 e. The van der Waals surface area contributed by atoms with Gasteiger partial charge in [0.25, 0.3) is 0 Å². The van der Waals surface area contributed by atoms with Crippen LogP contribution in [0.15, 0.2) is 0 Å². The second-order valence-electron chi connectivity index (χ2n) is 6.49. The number of carbonyl (C=O) groups excluding carboxylic acids is 1. The Kier molecular flexibility index (Phi) is 4.33. The van der Waals surface area contributed by atoms with Gasteiger partial charge >= 0.3 is 12.0 Å². The fourth-order valence-electron chi connectivity index (χ4n) is 4.06. The van der Waals surface area contributed by atoms with Crippen molar-refractivity contribution in [3.8, 4) is 0 Å². The van der Waals surface area contributed by atoms with Gasteiger partial charge in [0.05, 0.1) is 19.3 Å². The number of aliphatic carboxylic acids is 1. The van der Waals surface area contributed by atoms with Crippen LogP contribution in [0.1, 0.15) is 38.5 Å². The average Bonchev–Trinajstić information content (AvgIpc) is 2.95. The molecule has 0 radical (unpaired) electrons. The molecule has 3 fully saturated rings. The number of urea groups is 1. The maximum atomic E-state index is 12.5. The number of rotatable bonds is 2. The summed E-state index contributed by atoms with van der Waals surface area (Å²) in [5, 5.41) is 12.0. The number of nitrogens with one attached hydrogen (secondary N) is 1. The van der Waals surface area contributed by atoms with Crippen LogP contribution in [0.4, 0.5) is 4.79 Å². The number of amides is 2. The van der Waals surface area contributed by atoms with E-state index in [4.69, 9.17) is 9.84 Å². The summed E-state index contributed by atoms with van der Waals surface area (Å²) in [7, 11) is 0. The summed E-state index contributed by atoms with van der Waals surface area (Å²) in [6.45, 7) is 1.27. The molecule has 118 valence electrons.